The summed E-state index contributed by atoms with van der Waals surface area (Å²) in [6, 6.07) is 7.97. The van der Waals surface area contributed by atoms with Gasteiger partial charge in [0.25, 0.3) is 5.56 Å². The van der Waals surface area contributed by atoms with Crippen molar-refractivity contribution in [3.63, 3.8) is 0 Å². The van der Waals surface area contributed by atoms with Gasteiger partial charge >= 0.3 is 0 Å². The molecule has 0 unspecified atom stereocenters. The summed E-state index contributed by atoms with van der Waals surface area (Å²) in [5.74, 6) is 2.19. The molecule has 2 heterocycles. The molecule has 0 aliphatic rings. The molecule has 0 saturated heterocycles. The molecular formula is C21H26N2O2S. The monoisotopic (exact) mass is 370 g/mol. The molecule has 3 rings (SSSR count). The molecule has 0 N–H and O–H groups in total. The number of hydrogen-bond donors (Lipinski definition) is 0. The highest BCUT2D eigenvalue weighted by Crippen LogP contribution is 2.36. The van der Waals surface area contributed by atoms with Crippen LogP contribution in [0.15, 0.2) is 29.1 Å². The Morgan fingerprint density at radius 3 is 2.50 bits per heavy atom. The van der Waals surface area contributed by atoms with Crippen molar-refractivity contribution >= 4 is 21.6 Å². The highest BCUT2D eigenvalue weighted by atomic mass is 32.1. The summed E-state index contributed by atoms with van der Waals surface area (Å²) in [6.45, 7) is 11.7. The minimum Gasteiger partial charge on any atom is -0.494 e. The Kier molecular flexibility index (Phi) is 5.47. The lowest BCUT2D eigenvalue weighted by atomic mass is 10.0. The molecule has 0 saturated carbocycles. The van der Waals surface area contributed by atoms with Crippen molar-refractivity contribution in [1.29, 1.82) is 0 Å². The molecule has 0 aliphatic carbocycles. The van der Waals surface area contributed by atoms with Crippen LogP contribution in [0.25, 0.3) is 21.3 Å². The fourth-order valence-corrected chi connectivity index (χ4v) is 4.26. The Hall–Kier alpha value is -2.14. The highest BCUT2D eigenvalue weighted by molar-refractivity contribution is 7.19. The maximum absolute atomic E-state index is 13.2. The molecule has 0 atom stereocenters. The molecule has 0 amide bonds. The van der Waals surface area contributed by atoms with Crippen LogP contribution in [0.2, 0.25) is 0 Å². The molecule has 3 aromatic rings. The van der Waals surface area contributed by atoms with Crippen LogP contribution in [0.1, 0.15) is 37.9 Å². The zero-order chi connectivity index (χ0) is 18.8. The number of rotatable bonds is 6. The van der Waals surface area contributed by atoms with E-state index in [1.54, 1.807) is 11.3 Å². The molecule has 0 spiro atoms. The minimum absolute atomic E-state index is 0.0707. The lowest BCUT2D eigenvalue weighted by molar-refractivity contribution is 0.340. The van der Waals surface area contributed by atoms with Gasteiger partial charge in [-0.3, -0.25) is 9.36 Å². The average Bonchev–Trinajstić information content (AvgIpc) is 2.91. The van der Waals surface area contributed by atoms with Crippen molar-refractivity contribution in [2.45, 2.75) is 47.6 Å². The third kappa shape index (κ3) is 3.54. The van der Waals surface area contributed by atoms with E-state index in [0.717, 1.165) is 44.2 Å². The summed E-state index contributed by atoms with van der Waals surface area (Å²) in [5, 5.41) is 0.742. The molecule has 1 aromatic carbocycles. The fourth-order valence-electron chi connectivity index (χ4n) is 3.18. The van der Waals surface area contributed by atoms with Crippen molar-refractivity contribution in [3.05, 3.63) is 45.3 Å². The highest BCUT2D eigenvalue weighted by Gasteiger charge is 2.18. The molecule has 5 heteroatoms. The van der Waals surface area contributed by atoms with Gasteiger partial charge in [0.05, 0.1) is 12.0 Å². The average molecular weight is 371 g/mol. The van der Waals surface area contributed by atoms with Crippen LogP contribution in [0.5, 0.6) is 5.75 Å². The second-order valence-electron chi connectivity index (χ2n) is 6.97. The van der Waals surface area contributed by atoms with Crippen LogP contribution >= 0.6 is 11.3 Å². The molecule has 26 heavy (non-hydrogen) atoms. The summed E-state index contributed by atoms with van der Waals surface area (Å²) in [7, 11) is 0. The fraction of sp³-hybridized carbons (Fsp3) is 0.429. The van der Waals surface area contributed by atoms with Crippen LogP contribution in [0.3, 0.4) is 0 Å². The van der Waals surface area contributed by atoms with Crippen LogP contribution in [-0.2, 0) is 6.54 Å². The van der Waals surface area contributed by atoms with E-state index in [1.165, 1.54) is 0 Å². The van der Waals surface area contributed by atoms with E-state index in [-0.39, 0.29) is 5.56 Å². The van der Waals surface area contributed by atoms with E-state index in [0.29, 0.717) is 19.1 Å². The minimum atomic E-state index is 0.0707. The number of aryl methyl sites for hydroxylation is 2. The normalized spacial score (nSPS) is 11.5. The van der Waals surface area contributed by atoms with Crippen molar-refractivity contribution in [2.24, 2.45) is 5.92 Å². The van der Waals surface area contributed by atoms with Gasteiger partial charge in [-0.1, -0.05) is 26.0 Å². The second-order valence-corrected chi connectivity index (χ2v) is 8.17. The first kappa shape index (κ1) is 18.6. The second kappa shape index (κ2) is 7.62. The Morgan fingerprint density at radius 2 is 1.88 bits per heavy atom. The summed E-state index contributed by atoms with van der Waals surface area (Å²) >= 11 is 1.59. The van der Waals surface area contributed by atoms with Gasteiger partial charge in [-0.25, -0.2) is 4.98 Å². The summed E-state index contributed by atoms with van der Waals surface area (Å²) in [5.41, 5.74) is 2.11. The predicted octanol–water partition coefficient (Wildman–Crippen LogP) is 5.19. The van der Waals surface area contributed by atoms with E-state index in [9.17, 15) is 4.79 Å². The van der Waals surface area contributed by atoms with Crippen LogP contribution in [-0.4, -0.2) is 16.2 Å². The van der Waals surface area contributed by atoms with Crippen LogP contribution in [0, 0.1) is 19.8 Å². The SMILES string of the molecule is CCOc1ccc(-c2c(C)sc3nc(C)n(CCC(C)C)c(=O)c23)cc1. The van der Waals surface area contributed by atoms with E-state index in [4.69, 9.17) is 9.72 Å². The van der Waals surface area contributed by atoms with Crippen molar-refractivity contribution in [1.82, 2.24) is 9.55 Å². The number of ether oxygens (including phenoxy) is 1. The Bertz CT molecular complexity index is 968. The molecule has 2 aromatic heterocycles. The number of fused-ring (bicyclic) bond motifs is 1. The molecule has 4 nitrogen and oxygen atoms in total. The van der Waals surface area contributed by atoms with Gasteiger partial charge in [-0.2, -0.15) is 0 Å². The molecule has 0 fully saturated rings. The number of benzene rings is 1. The maximum Gasteiger partial charge on any atom is 0.262 e. The first-order valence-electron chi connectivity index (χ1n) is 9.16. The summed E-state index contributed by atoms with van der Waals surface area (Å²) in [6.07, 6.45) is 0.968. The standard InChI is InChI=1S/C21H26N2O2S/c1-6-25-17-9-7-16(8-10-17)18-14(4)26-20-19(18)21(24)23(15(5)22-20)12-11-13(2)3/h7-10,13H,6,11-12H2,1-5H3. The first-order chi connectivity index (χ1) is 12.4. The van der Waals surface area contributed by atoms with Gasteiger partial charge in [-0.05, 0) is 50.8 Å². The van der Waals surface area contributed by atoms with Gasteiger partial charge < -0.3 is 4.74 Å². The zero-order valence-corrected chi connectivity index (χ0v) is 16.9. The van der Waals surface area contributed by atoms with E-state index < -0.39 is 0 Å². The van der Waals surface area contributed by atoms with Gasteiger partial charge in [0.1, 0.15) is 16.4 Å². The van der Waals surface area contributed by atoms with Crippen molar-refractivity contribution in [2.75, 3.05) is 6.61 Å². The van der Waals surface area contributed by atoms with Gasteiger partial charge in [0.15, 0.2) is 0 Å². The Labute approximate surface area is 158 Å². The largest absolute Gasteiger partial charge is 0.494 e. The number of thiophene rings is 1. The van der Waals surface area contributed by atoms with Crippen molar-refractivity contribution < 1.29 is 4.74 Å². The topological polar surface area (TPSA) is 44.1 Å². The van der Waals surface area contributed by atoms with Gasteiger partial charge in [0.2, 0.25) is 0 Å². The predicted molar refractivity (Wildman–Crippen MR) is 109 cm³/mol. The van der Waals surface area contributed by atoms with Crippen LogP contribution in [0.4, 0.5) is 0 Å². The first-order valence-corrected chi connectivity index (χ1v) is 9.97. The zero-order valence-electron chi connectivity index (χ0n) is 16.1. The summed E-state index contributed by atoms with van der Waals surface area (Å²) in [4.78, 5) is 19.9. The molecule has 0 radical (unpaired) electrons. The number of nitrogens with zero attached hydrogens (tertiary/aromatic N) is 2. The smallest absolute Gasteiger partial charge is 0.262 e. The van der Waals surface area contributed by atoms with Crippen molar-refractivity contribution in [3.8, 4) is 16.9 Å². The maximum atomic E-state index is 13.2. The van der Waals surface area contributed by atoms with E-state index in [2.05, 4.69) is 20.8 Å². The van der Waals surface area contributed by atoms with Crippen LogP contribution < -0.4 is 10.3 Å². The summed E-state index contributed by atoms with van der Waals surface area (Å²) < 4.78 is 7.36. The Morgan fingerprint density at radius 1 is 1.19 bits per heavy atom. The lowest BCUT2D eigenvalue weighted by Crippen LogP contribution is -2.24. The number of hydrogen-bond acceptors (Lipinski definition) is 4. The third-order valence-electron chi connectivity index (χ3n) is 4.56. The quantitative estimate of drug-likeness (QED) is 0.600. The van der Waals surface area contributed by atoms with Gasteiger partial charge in [0, 0.05) is 17.0 Å². The molecule has 0 aliphatic heterocycles. The third-order valence-corrected chi connectivity index (χ3v) is 5.56. The van der Waals surface area contributed by atoms with E-state index in [1.807, 2.05) is 42.7 Å². The Balaban J connectivity index is 2.15. The van der Waals surface area contributed by atoms with Gasteiger partial charge in [-0.15, -0.1) is 11.3 Å². The molecule has 138 valence electrons. The molecule has 0 bridgehead atoms. The number of aromatic nitrogens is 2. The lowest BCUT2D eigenvalue weighted by Gasteiger charge is -2.12. The van der Waals surface area contributed by atoms with E-state index >= 15 is 0 Å². The molecular weight excluding hydrogens is 344 g/mol.